The van der Waals surface area contributed by atoms with Gasteiger partial charge in [-0.15, -0.1) is 0 Å². The van der Waals surface area contributed by atoms with Gasteiger partial charge in [0.15, 0.2) is 0 Å². The van der Waals surface area contributed by atoms with Crippen LogP contribution in [0.25, 0.3) is 0 Å². The zero-order chi connectivity index (χ0) is 24.0. The van der Waals surface area contributed by atoms with Gasteiger partial charge in [0.1, 0.15) is 0 Å². The lowest BCUT2D eigenvalue weighted by molar-refractivity contribution is -0.385. The van der Waals surface area contributed by atoms with Crippen molar-refractivity contribution in [3.8, 4) is 0 Å². The number of carbonyl (C=O) groups is 1. The fourth-order valence-electron chi connectivity index (χ4n) is 3.11. The molecule has 0 heterocycles. The second-order valence-corrected chi connectivity index (χ2v) is 9.34. The van der Waals surface area contributed by atoms with Crippen molar-refractivity contribution in [1.29, 1.82) is 0 Å². The molecular weight excluding hydrogens is 468 g/mol. The molecule has 172 valence electrons. The maximum atomic E-state index is 13.5. The minimum atomic E-state index is -4.16. The Hall–Kier alpha value is -3.43. The normalized spacial score (nSPS) is 11.1. The van der Waals surface area contributed by atoms with E-state index in [-0.39, 0.29) is 36.1 Å². The molecule has 0 radical (unpaired) electrons. The SMILES string of the molecule is CCOC(=O)Cc1ccc(N(Cc2ccc(Cl)cc2)S(=O)(=O)c2cccc([N+](=O)[O-])c2)cc1. The average Bonchev–Trinajstić information content (AvgIpc) is 2.79. The van der Waals surface area contributed by atoms with E-state index < -0.39 is 14.9 Å². The molecule has 10 heteroatoms. The fraction of sp³-hybridized carbons (Fsp3) is 0.174. The summed E-state index contributed by atoms with van der Waals surface area (Å²) in [5.41, 5.74) is 1.34. The lowest BCUT2D eigenvalue weighted by Crippen LogP contribution is -2.30. The number of halogens is 1. The molecular formula is C23H21ClN2O6S. The molecule has 0 aliphatic carbocycles. The number of rotatable bonds is 9. The summed E-state index contributed by atoms with van der Waals surface area (Å²) in [6, 6.07) is 18.1. The van der Waals surface area contributed by atoms with Gasteiger partial charge in [0, 0.05) is 17.2 Å². The Kier molecular flexibility index (Phi) is 7.67. The van der Waals surface area contributed by atoms with Gasteiger partial charge in [0.25, 0.3) is 15.7 Å². The zero-order valence-corrected chi connectivity index (χ0v) is 19.3. The van der Waals surface area contributed by atoms with E-state index in [1.54, 1.807) is 55.5 Å². The molecule has 3 aromatic carbocycles. The third kappa shape index (κ3) is 6.09. The molecule has 0 saturated heterocycles. The standard InChI is InChI=1S/C23H21ClN2O6S/c1-2-32-23(27)14-17-8-12-20(13-9-17)25(16-18-6-10-19(24)11-7-18)33(30,31)22-5-3-4-21(15-22)26(28)29/h3-13,15H,2,14,16H2,1H3. The van der Waals surface area contributed by atoms with Crippen molar-refractivity contribution in [3.05, 3.63) is 99.1 Å². The van der Waals surface area contributed by atoms with Crippen molar-refractivity contribution in [2.45, 2.75) is 24.8 Å². The Bertz CT molecular complexity index is 1240. The van der Waals surface area contributed by atoms with Crippen LogP contribution in [0, 0.1) is 10.1 Å². The molecule has 0 aliphatic rings. The molecule has 0 amide bonds. The van der Waals surface area contributed by atoms with Crippen molar-refractivity contribution in [2.75, 3.05) is 10.9 Å². The summed E-state index contributed by atoms with van der Waals surface area (Å²) in [5, 5.41) is 11.7. The summed E-state index contributed by atoms with van der Waals surface area (Å²) in [5.74, 6) is -0.382. The van der Waals surface area contributed by atoms with Gasteiger partial charge in [0.2, 0.25) is 0 Å². The number of nitro benzene ring substituents is 1. The number of anilines is 1. The summed E-state index contributed by atoms with van der Waals surface area (Å²) in [4.78, 5) is 22.0. The highest BCUT2D eigenvalue weighted by Crippen LogP contribution is 2.28. The molecule has 0 unspecified atom stereocenters. The number of ether oxygens (including phenoxy) is 1. The van der Waals surface area contributed by atoms with E-state index >= 15 is 0 Å². The van der Waals surface area contributed by atoms with Crippen LogP contribution in [0.5, 0.6) is 0 Å². The first kappa shape index (κ1) is 24.2. The van der Waals surface area contributed by atoms with Crippen LogP contribution in [-0.4, -0.2) is 25.9 Å². The first-order valence-corrected chi connectivity index (χ1v) is 11.8. The Morgan fingerprint density at radius 1 is 1.03 bits per heavy atom. The fourth-order valence-corrected chi connectivity index (χ4v) is 4.73. The van der Waals surface area contributed by atoms with Gasteiger partial charge in [0.05, 0.1) is 35.1 Å². The van der Waals surface area contributed by atoms with E-state index in [9.17, 15) is 23.3 Å². The predicted molar refractivity (Wildman–Crippen MR) is 125 cm³/mol. The number of hydrogen-bond donors (Lipinski definition) is 0. The summed E-state index contributed by atoms with van der Waals surface area (Å²) in [6.07, 6.45) is 0.0585. The molecule has 0 fully saturated rings. The first-order chi connectivity index (χ1) is 15.7. The minimum absolute atomic E-state index is 0.0284. The Morgan fingerprint density at radius 2 is 1.67 bits per heavy atom. The van der Waals surface area contributed by atoms with Gasteiger partial charge >= 0.3 is 5.97 Å². The summed E-state index contributed by atoms with van der Waals surface area (Å²) >= 11 is 5.95. The Balaban J connectivity index is 2.00. The third-order valence-electron chi connectivity index (χ3n) is 4.73. The monoisotopic (exact) mass is 488 g/mol. The molecule has 8 nitrogen and oxygen atoms in total. The van der Waals surface area contributed by atoms with Crippen molar-refractivity contribution in [1.82, 2.24) is 0 Å². The van der Waals surface area contributed by atoms with Crippen molar-refractivity contribution in [2.24, 2.45) is 0 Å². The quantitative estimate of drug-likeness (QED) is 0.244. The van der Waals surface area contributed by atoms with Gasteiger partial charge in [-0.2, -0.15) is 0 Å². The highest BCUT2D eigenvalue weighted by molar-refractivity contribution is 7.92. The molecule has 33 heavy (non-hydrogen) atoms. The highest BCUT2D eigenvalue weighted by Gasteiger charge is 2.27. The van der Waals surface area contributed by atoms with Crippen molar-refractivity contribution >= 4 is 39.0 Å². The number of nitro groups is 1. The summed E-state index contributed by atoms with van der Waals surface area (Å²) in [6.45, 7) is 1.96. The van der Waals surface area contributed by atoms with E-state index in [4.69, 9.17) is 16.3 Å². The average molecular weight is 489 g/mol. The predicted octanol–water partition coefficient (Wildman–Crippen LogP) is 4.75. The molecule has 0 bridgehead atoms. The molecule has 0 atom stereocenters. The van der Waals surface area contributed by atoms with Crippen LogP contribution in [0.4, 0.5) is 11.4 Å². The van der Waals surface area contributed by atoms with E-state index in [0.29, 0.717) is 21.8 Å². The summed E-state index contributed by atoms with van der Waals surface area (Å²) in [7, 11) is -4.16. The van der Waals surface area contributed by atoms with Crippen LogP contribution in [0.3, 0.4) is 0 Å². The number of hydrogen-bond acceptors (Lipinski definition) is 6. The van der Waals surface area contributed by atoms with E-state index in [0.717, 1.165) is 10.4 Å². The molecule has 0 spiro atoms. The topological polar surface area (TPSA) is 107 Å². The number of nitrogens with zero attached hydrogens (tertiary/aromatic N) is 2. The number of non-ortho nitro benzene ring substituents is 1. The number of carbonyl (C=O) groups excluding carboxylic acids is 1. The Labute approximate surface area is 196 Å². The first-order valence-electron chi connectivity index (χ1n) is 9.97. The lowest BCUT2D eigenvalue weighted by Gasteiger charge is -2.25. The van der Waals surface area contributed by atoms with Crippen LogP contribution >= 0.6 is 11.6 Å². The molecule has 0 N–H and O–H groups in total. The highest BCUT2D eigenvalue weighted by atomic mass is 35.5. The second kappa shape index (κ2) is 10.5. The number of sulfonamides is 1. The van der Waals surface area contributed by atoms with Crippen LogP contribution in [0.1, 0.15) is 18.1 Å². The van der Waals surface area contributed by atoms with Crippen LogP contribution in [0.15, 0.2) is 77.7 Å². The maximum absolute atomic E-state index is 13.5. The van der Waals surface area contributed by atoms with Gasteiger partial charge in [-0.1, -0.05) is 41.9 Å². The van der Waals surface area contributed by atoms with Gasteiger partial charge in [-0.25, -0.2) is 8.42 Å². The number of benzene rings is 3. The van der Waals surface area contributed by atoms with Crippen molar-refractivity contribution < 1.29 is 22.9 Å². The lowest BCUT2D eigenvalue weighted by atomic mass is 10.1. The van der Waals surface area contributed by atoms with Gasteiger partial charge in [-0.05, 0) is 48.4 Å². The van der Waals surface area contributed by atoms with Crippen molar-refractivity contribution in [3.63, 3.8) is 0 Å². The smallest absolute Gasteiger partial charge is 0.310 e. The summed E-state index contributed by atoms with van der Waals surface area (Å²) < 4.78 is 33.2. The number of esters is 1. The maximum Gasteiger partial charge on any atom is 0.310 e. The minimum Gasteiger partial charge on any atom is -0.466 e. The van der Waals surface area contributed by atoms with Crippen LogP contribution in [-0.2, 0) is 32.5 Å². The van der Waals surface area contributed by atoms with E-state index in [1.165, 1.54) is 18.2 Å². The molecule has 3 rings (SSSR count). The van der Waals surface area contributed by atoms with Crippen LogP contribution in [0.2, 0.25) is 5.02 Å². The molecule has 3 aromatic rings. The molecule has 0 saturated carbocycles. The van der Waals surface area contributed by atoms with E-state index in [2.05, 4.69) is 0 Å². The van der Waals surface area contributed by atoms with Crippen LogP contribution < -0.4 is 4.31 Å². The zero-order valence-electron chi connectivity index (χ0n) is 17.7. The van der Waals surface area contributed by atoms with Gasteiger partial charge in [-0.3, -0.25) is 19.2 Å². The van der Waals surface area contributed by atoms with E-state index in [1.807, 2.05) is 0 Å². The molecule has 0 aliphatic heterocycles. The molecule has 0 aromatic heterocycles. The largest absolute Gasteiger partial charge is 0.466 e. The third-order valence-corrected chi connectivity index (χ3v) is 6.76. The Morgan fingerprint density at radius 3 is 2.27 bits per heavy atom. The second-order valence-electron chi connectivity index (χ2n) is 7.04. The van der Waals surface area contributed by atoms with Gasteiger partial charge < -0.3 is 4.74 Å².